The molecule has 3 heterocycles. The summed E-state index contributed by atoms with van der Waals surface area (Å²) in [4.78, 5) is 28.0. The fourth-order valence-corrected chi connectivity index (χ4v) is 4.59. The van der Waals surface area contributed by atoms with Crippen LogP contribution in [-0.4, -0.2) is 30.0 Å². The first-order chi connectivity index (χ1) is 15.0. The Morgan fingerprint density at radius 3 is 2.48 bits per heavy atom. The first-order valence-corrected chi connectivity index (χ1v) is 10.4. The fourth-order valence-electron chi connectivity index (χ4n) is 3.76. The van der Waals surface area contributed by atoms with E-state index >= 15 is 0 Å². The molecule has 2 aliphatic rings. The average Bonchev–Trinajstić information content (AvgIpc) is 3.41. The lowest BCUT2D eigenvalue weighted by molar-refractivity contribution is -0.132. The minimum Gasteiger partial charge on any atom is -0.507 e. The van der Waals surface area contributed by atoms with Gasteiger partial charge in [-0.2, -0.15) is 0 Å². The second-order valence-corrected chi connectivity index (χ2v) is 8.00. The van der Waals surface area contributed by atoms with E-state index in [2.05, 4.69) is 0 Å². The second-order valence-electron chi connectivity index (χ2n) is 7.02. The maximum Gasteiger partial charge on any atom is 0.300 e. The van der Waals surface area contributed by atoms with E-state index in [0.29, 0.717) is 40.8 Å². The van der Waals surface area contributed by atoms with Gasteiger partial charge in [0.15, 0.2) is 11.5 Å². The number of carbonyl (C=O) groups excluding carboxylic acids is 2. The van der Waals surface area contributed by atoms with Gasteiger partial charge in [0.25, 0.3) is 11.7 Å². The second kappa shape index (κ2) is 7.55. The molecule has 1 aromatic heterocycles. The van der Waals surface area contributed by atoms with Crippen molar-refractivity contribution in [3.05, 3.63) is 81.8 Å². The molecule has 5 rings (SSSR count). The minimum absolute atomic E-state index is 0.0338. The number of aliphatic hydroxyl groups excluding tert-OH is 1. The normalized spacial score (nSPS) is 19.6. The Bertz CT molecular complexity index is 1200. The zero-order chi connectivity index (χ0) is 21.5. The Kier molecular flexibility index (Phi) is 4.71. The Morgan fingerprint density at radius 1 is 1.03 bits per heavy atom. The summed E-state index contributed by atoms with van der Waals surface area (Å²) in [6.07, 6.45) is 0. The van der Waals surface area contributed by atoms with Gasteiger partial charge in [-0.05, 0) is 53.9 Å². The number of thiophene rings is 1. The molecular weight excluding hydrogens is 421 g/mol. The van der Waals surface area contributed by atoms with Crippen molar-refractivity contribution < 1.29 is 28.6 Å². The molecular formula is C23H16FNO5S. The largest absolute Gasteiger partial charge is 0.507 e. The zero-order valence-corrected chi connectivity index (χ0v) is 16.9. The summed E-state index contributed by atoms with van der Waals surface area (Å²) in [6, 6.07) is 12.9. The van der Waals surface area contributed by atoms with Crippen LogP contribution >= 0.6 is 11.3 Å². The van der Waals surface area contributed by atoms with E-state index < -0.39 is 23.5 Å². The standard InChI is InChI=1S/C23H16FNO5S/c24-14-4-6-15(7-5-14)25-20(18-2-1-11-31-18)19(22(27)23(25)28)21(26)13-3-8-16-17(12-13)30-10-9-29-16/h1-8,11-12,20,26H,9-10H2/b21-19-. The zero-order valence-electron chi connectivity index (χ0n) is 16.1. The molecule has 0 aliphatic carbocycles. The molecule has 156 valence electrons. The number of rotatable bonds is 3. The third kappa shape index (κ3) is 3.25. The molecule has 1 saturated heterocycles. The van der Waals surface area contributed by atoms with E-state index in [1.54, 1.807) is 30.3 Å². The van der Waals surface area contributed by atoms with E-state index in [-0.39, 0.29) is 11.3 Å². The van der Waals surface area contributed by atoms with E-state index in [1.165, 1.54) is 40.5 Å². The number of aliphatic hydroxyl groups is 1. The summed E-state index contributed by atoms with van der Waals surface area (Å²) in [5.41, 5.74) is 0.666. The van der Waals surface area contributed by atoms with Gasteiger partial charge in [0, 0.05) is 16.1 Å². The highest BCUT2D eigenvalue weighted by molar-refractivity contribution is 7.10. The van der Waals surface area contributed by atoms with Gasteiger partial charge in [-0.25, -0.2) is 4.39 Å². The number of amides is 1. The first-order valence-electron chi connectivity index (χ1n) is 9.54. The number of hydrogen-bond acceptors (Lipinski definition) is 6. The fraction of sp³-hybridized carbons (Fsp3) is 0.130. The maximum atomic E-state index is 13.4. The van der Waals surface area contributed by atoms with Crippen LogP contribution in [0.4, 0.5) is 10.1 Å². The molecule has 31 heavy (non-hydrogen) atoms. The number of ketones is 1. The summed E-state index contributed by atoms with van der Waals surface area (Å²) in [7, 11) is 0. The molecule has 8 heteroatoms. The number of anilines is 1. The van der Waals surface area contributed by atoms with Crippen LogP contribution in [0.15, 0.2) is 65.6 Å². The van der Waals surface area contributed by atoms with Crippen LogP contribution in [-0.2, 0) is 9.59 Å². The monoisotopic (exact) mass is 437 g/mol. The number of ether oxygens (including phenoxy) is 2. The average molecular weight is 437 g/mol. The SMILES string of the molecule is O=C1C(=O)N(c2ccc(F)cc2)C(c2cccs2)/C1=C(/O)c1ccc2c(c1)OCCO2. The Hall–Kier alpha value is -3.65. The highest BCUT2D eigenvalue weighted by Crippen LogP contribution is 2.44. The van der Waals surface area contributed by atoms with Crippen molar-refractivity contribution in [2.24, 2.45) is 0 Å². The summed E-state index contributed by atoms with van der Waals surface area (Å²) in [5.74, 6) is -1.36. The van der Waals surface area contributed by atoms with Crippen molar-refractivity contribution in [3.8, 4) is 11.5 Å². The number of fused-ring (bicyclic) bond motifs is 1. The summed E-state index contributed by atoms with van der Waals surface area (Å²) < 4.78 is 24.5. The van der Waals surface area contributed by atoms with Crippen molar-refractivity contribution in [1.29, 1.82) is 0 Å². The van der Waals surface area contributed by atoms with Gasteiger partial charge >= 0.3 is 0 Å². The van der Waals surface area contributed by atoms with Crippen LogP contribution in [0.2, 0.25) is 0 Å². The van der Waals surface area contributed by atoms with E-state index in [4.69, 9.17) is 9.47 Å². The summed E-state index contributed by atoms with van der Waals surface area (Å²) >= 11 is 1.35. The molecule has 2 aliphatic heterocycles. The predicted molar refractivity (Wildman–Crippen MR) is 113 cm³/mol. The van der Waals surface area contributed by atoms with Crippen LogP contribution in [0.3, 0.4) is 0 Å². The van der Waals surface area contributed by atoms with Crippen molar-refractivity contribution >= 4 is 34.5 Å². The van der Waals surface area contributed by atoms with Gasteiger partial charge < -0.3 is 14.6 Å². The van der Waals surface area contributed by atoms with Gasteiger partial charge in [0.2, 0.25) is 0 Å². The van der Waals surface area contributed by atoms with Gasteiger partial charge in [0.05, 0.1) is 5.57 Å². The highest BCUT2D eigenvalue weighted by atomic mass is 32.1. The third-order valence-electron chi connectivity index (χ3n) is 5.18. The van der Waals surface area contributed by atoms with Gasteiger partial charge in [-0.15, -0.1) is 11.3 Å². The number of benzene rings is 2. The molecule has 1 amide bonds. The minimum atomic E-state index is -0.835. The lowest BCUT2D eigenvalue weighted by Gasteiger charge is -2.24. The van der Waals surface area contributed by atoms with E-state index in [9.17, 15) is 19.1 Å². The van der Waals surface area contributed by atoms with Crippen molar-refractivity contribution in [3.63, 3.8) is 0 Å². The van der Waals surface area contributed by atoms with Crippen LogP contribution in [0, 0.1) is 5.82 Å². The van der Waals surface area contributed by atoms with Gasteiger partial charge in [-0.3, -0.25) is 14.5 Å². The molecule has 6 nitrogen and oxygen atoms in total. The van der Waals surface area contributed by atoms with Crippen LogP contribution in [0.5, 0.6) is 11.5 Å². The smallest absolute Gasteiger partial charge is 0.300 e. The van der Waals surface area contributed by atoms with Crippen LogP contribution in [0.25, 0.3) is 5.76 Å². The topological polar surface area (TPSA) is 76.1 Å². The molecule has 0 saturated carbocycles. The lowest BCUT2D eigenvalue weighted by atomic mass is 9.99. The Morgan fingerprint density at radius 2 is 1.77 bits per heavy atom. The van der Waals surface area contributed by atoms with Crippen LogP contribution in [0.1, 0.15) is 16.5 Å². The number of halogens is 1. The molecule has 1 N–H and O–H groups in total. The van der Waals surface area contributed by atoms with Gasteiger partial charge in [0.1, 0.15) is 30.8 Å². The molecule has 0 radical (unpaired) electrons. The summed E-state index contributed by atoms with van der Waals surface area (Å²) in [5, 5.41) is 12.9. The lowest BCUT2D eigenvalue weighted by Crippen LogP contribution is -2.29. The first kappa shape index (κ1) is 19.3. The molecule has 1 unspecified atom stereocenters. The highest BCUT2D eigenvalue weighted by Gasteiger charge is 2.47. The van der Waals surface area contributed by atoms with Gasteiger partial charge in [-0.1, -0.05) is 6.07 Å². The molecule has 0 spiro atoms. The number of nitrogens with zero attached hydrogens (tertiary/aromatic N) is 1. The number of Topliss-reactive ketones (excluding diaryl/α,β-unsaturated/α-hetero) is 1. The molecule has 1 atom stereocenters. The van der Waals surface area contributed by atoms with Crippen molar-refractivity contribution in [1.82, 2.24) is 0 Å². The number of hydrogen-bond donors (Lipinski definition) is 1. The van der Waals surface area contributed by atoms with E-state index in [1.807, 2.05) is 5.38 Å². The quantitative estimate of drug-likeness (QED) is 0.376. The third-order valence-corrected chi connectivity index (χ3v) is 6.10. The summed E-state index contributed by atoms with van der Waals surface area (Å²) in [6.45, 7) is 0.806. The Balaban J connectivity index is 1.66. The van der Waals surface area contributed by atoms with E-state index in [0.717, 1.165) is 0 Å². The van der Waals surface area contributed by atoms with Crippen molar-refractivity contribution in [2.75, 3.05) is 18.1 Å². The molecule has 0 bridgehead atoms. The molecule has 3 aromatic rings. The molecule has 2 aromatic carbocycles. The maximum absolute atomic E-state index is 13.4. The predicted octanol–water partition coefficient (Wildman–Crippen LogP) is 4.28. The van der Waals surface area contributed by atoms with Crippen molar-refractivity contribution in [2.45, 2.75) is 6.04 Å². The Labute approximate surface area is 180 Å². The van der Waals surface area contributed by atoms with Crippen LogP contribution < -0.4 is 14.4 Å². The molecule has 1 fully saturated rings. The number of carbonyl (C=O) groups is 2.